The highest BCUT2D eigenvalue weighted by atomic mass is 35.5. The number of nitro benzene ring substituents is 2. The van der Waals surface area contributed by atoms with Crippen LogP contribution in [0.5, 0.6) is 0 Å². The molecule has 0 spiro atoms. The average Bonchev–Trinajstić information content (AvgIpc) is 2.57. The van der Waals surface area contributed by atoms with Gasteiger partial charge in [0.05, 0.1) is 16.4 Å². The second kappa shape index (κ2) is 8.76. The summed E-state index contributed by atoms with van der Waals surface area (Å²) >= 11 is 11.8. The fourth-order valence-electron chi connectivity index (χ4n) is 2.34. The first-order valence-electron chi connectivity index (χ1n) is 7.52. The number of halogens is 2. The van der Waals surface area contributed by atoms with E-state index < -0.39 is 15.8 Å². The van der Waals surface area contributed by atoms with Crippen LogP contribution in [0.1, 0.15) is 5.56 Å². The molecular formula is C16H14Cl2N4O5. The van der Waals surface area contributed by atoms with Gasteiger partial charge in [0.1, 0.15) is 5.69 Å². The molecule has 0 atom stereocenters. The normalized spacial score (nSPS) is 10.7. The van der Waals surface area contributed by atoms with Gasteiger partial charge in [-0.2, -0.15) is 0 Å². The fourth-order valence-corrected chi connectivity index (χ4v) is 2.68. The number of carbonyl (C=O) groups is 1. The quantitative estimate of drug-likeness (QED) is 0.544. The maximum Gasteiger partial charge on any atom is 0.294 e. The van der Waals surface area contributed by atoms with Crippen LogP contribution in [0.25, 0.3) is 0 Å². The number of carbonyl (C=O) groups excluding carboxylic acids is 1. The minimum absolute atomic E-state index is 0.0242. The summed E-state index contributed by atoms with van der Waals surface area (Å²) < 4.78 is 0. The van der Waals surface area contributed by atoms with Crippen molar-refractivity contribution in [1.29, 1.82) is 0 Å². The summed E-state index contributed by atoms with van der Waals surface area (Å²) in [6, 6.07) is 7.95. The molecule has 0 bridgehead atoms. The second-order valence-corrected chi connectivity index (χ2v) is 6.52. The van der Waals surface area contributed by atoms with Crippen LogP contribution >= 0.6 is 23.2 Å². The third-order valence-corrected chi connectivity index (χ3v) is 4.13. The van der Waals surface area contributed by atoms with E-state index in [-0.39, 0.29) is 35.2 Å². The Labute approximate surface area is 163 Å². The number of anilines is 1. The van der Waals surface area contributed by atoms with Gasteiger partial charge >= 0.3 is 0 Å². The van der Waals surface area contributed by atoms with Gasteiger partial charge in [0, 0.05) is 34.8 Å². The van der Waals surface area contributed by atoms with Gasteiger partial charge in [0.15, 0.2) is 0 Å². The minimum Gasteiger partial charge on any atom is -0.319 e. The van der Waals surface area contributed by atoms with Crippen LogP contribution in [0, 0.1) is 20.2 Å². The van der Waals surface area contributed by atoms with Crippen LogP contribution < -0.4 is 5.32 Å². The summed E-state index contributed by atoms with van der Waals surface area (Å²) in [6.45, 7) is 0.0649. The van der Waals surface area contributed by atoms with Crippen molar-refractivity contribution in [3.63, 3.8) is 0 Å². The lowest BCUT2D eigenvalue weighted by Gasteiger charge is -2.17. The molecule has 0 radical (unpaired) electrons. The molecule has 2 aromatic rings. The molecule has 0 aliphatic heterocycles. The monoisotopic (exact) mass is 412 g/mol. The molecule has 0 saturated carbocycles. The third kappa shape index (κ3) is 5.61. The Morgan fingerprint density at radius 2 is 1.81 bits per heavy atom. The van der Waals surface area contributed by atoms with E-state index in [1.165, 1.54) is 30.3 Å². The van der Waals surface area contributed by atoms with Gasteiger partial charge in [-0.3, -0.25) is 29.9 Å². The van der Waals surface area contributed by atoms with E-state index in [2.05, 4.69) is 5.32 Å². The van der Waals surface area contributed by atoms with E-state index in [0.717, 1.165) is 6.07 Å². The topological polar surface area (TPSA) is 119 Å². The SMILES string of the molecule is CN(CC(=O)Nc1ccc(Cl)cc1[N+](=O)[O-])Cc1cc([N+](=O)[O-])ccc1Cl. The van der Waals surface area contributed by atoms with Crippen molar-refractivity contribution < 1.29 is 14.6 Å². The number of benzene rings is 2. The molecule has 0 aliphatic carbocycles. The van der Waals surface area contributed by atoms with Crippen molar-refractivity contribution in [1.82, 2.24) is 4.90 Å². The summed E-state index contributed by atoms with van der Waals surface area (Å²) in [7, 11) is 1.62. The Balaban J connectivity index is 2.06. The van der Waals surface area contributed by atoms with Crippen LogP contribution in [0.3, 0.4) is 0 Å². The molecule has 9 nitrogen and oxygen atoms in total. The van der Waals surface area contributed by atoms with Crippen LogP contribution in [0.15, 0.2) is 36.4 Å². The summed E-state index contributed by atoms with van der Waals surface area (Å²) in [4.78, 5) is 34.5. The van der Waals surface area contributed by atoms with E-state index in [1.54, 1.807) is 11.9 Å². The lowest BCUT2D eigenvalue weighted by atomic mass is 10.2. The Kier molecular flexibility index (Phi) is 6.67. The smallest absolute Gasteiger partial charge is 0.294 e. The molecule has 0 saturated heterocycles. The number of hydrogen-bond acceptors (Lipinski definition) is 6. The van der Waals surface area contributed by atoms with Crippen molar-refractivity contribution in [3.8, 4) is 0 Å². The Morgan fingerprint density at radius 3 is 2.44 bits per heavy atom. The molecule has 0 heterocycles. The maximum absolute atomic E-state index is 12.2. The number of hydrogen-bond donors (Lipinski definition) is 1. The van der Waals surface area contributed by atoms with Crippen LogP contribution in [-0.4, -0.2) is 34.2 Å². The molecule has 27 heavy (non-hydrogen) atoms. The summed E-state index contributed by atoms with van der Waals surface area (Å²) in [5, 5.41) is 24.9. The number of nitrogens with zero attached hydrogens (tertiary/aromatic N) is 3. The number of rotatable bonds is 7. The molecule has 2 rings (SSSR count). The molecule has 0 unspecified atom stereocenters. The molecule has 142 valence electrons. The largest absolute Gasteiger partial charge is 0.319 e. The molecule has 1 amide bonds. The van der Waals surface area contributed by atoms with Crippen molar-refractivity contribution in [2.45, 2.75) is 6.54 Å². The number of non-ortho nitro benzene ring substituents is 1. The molecule has 11 heteroatoms. The predicted octanol–water partition coefficient (Wildman–Crippen LogP) is 3.88. The second-order valence-electron chi connectivity index (χ2n) is 5.67. The molecule has 1 N–H and O–H groups in total. The number of likely N-dealkylation sites (N-methyl/N-ethyl adjacent to an activating group) is 1. The van der Waals surface area contributed by atoms with E-state index in [0.29, 0.717) is 10.6 Å². The number of amides is 1. The highest BCUT2D eigenvalue weighted by Crippen LogP contribution is 2.28. The summed E-state index contributed by atoms with van der Waals surface area (Å²) in [5.41, 5.74) is 0.0825. The predicted molar refractivity (Wildman–Crippen MR) is 101 cm³/mol. The molecule has 0 aliphatic rings. The van der Waals surface area contributed by atoms with Gasteiger partial charge in [-0.1, -0.05) is 23.2 Å². The van der Waals surface area contributed by atoms with E-state index in [9.17, 15) is 25.0 Å². The Hall–Kier alpha value is -2.75. The van der Waals surface area contributed by atoms with Crippen molar-refractivity contribution in [2.24, 2.45) is 0 Å². The van der Waals surface area contributed by atoms with Crippen LogP contribution in [0.4, 0.5) is 17.1 Å². The standard InChI is InChI=1S/C16H14Cl2N4O5/c1-20(8-10-6-12(21(24)25)3-4-13(10)18)9-16(23)19-14-5-2-11(17)7-15(14)22(26)27/h2-7H,8-9H2,1H3,(H,19,23). The highest BCUT2D eigenvalue weighted by molar-refractivity contribution is 6.31. The van der Waals surface area contributed by atoms with E-state index in [4.69, 9.17) is 23.2 Å². The van der Waals surface area contributed by atoms with Crippen LogP contribution in [0.2, 0.25) is 10.0 Å². The Bertz CT molecular complexity index is 906. The van der Waals surface area contributed by atoms with Gasteiger partial charge in [-0.25, -0.2) is 0 Å². The highest BCUT2D eigenvalue weighted by Gasteiger charge is 2.18. The fraction of sp³-hybridized carbons (Fsp3) is 0.188. The van der Waals surface area contributed by atoms with Crippen LogP contribution in [-0.2, 0) is 11.3 Å². The lowest BCUT2D eigenvalue weighted by molar-refractivity contribution is -0.385. The maximum atomic E-state index is 12.2. The van der Waals surface area contributed by atoms with E-state index in [1.807, 2.05) is 0 Å². The Morgan fingerprint density at radius 1 is 1.11 bits per heavy atom. The zero-order chi connectivity index (χ0) is 20.1. The van der Waals surface area contributed by atoms with E-state index >= 15 is 0 Å². The number of nitro groups is 2. The zero-order valence-electron chi connectivity index (χ0n) is 14.0. The van der Waals surface area contributed by atoms with Gasteiger partial charge in [-0.05, 0) is 30.8 Å². The summed E-state index contributed by atoms with van der Waals surface area (Å²) in [5.74, 6) is -0.496. The molecule has 0 fully saturated rings. The first kappa shape index (κ1) is 20.6. The minimum atomic E-state index is -0.645. The summed E-state index contributed by atoms with van der Waals surface area (Å²) in [6.07, 6.45) is 0. The molecule has 0 aromatic heterocycles. The van der Waals surface area contributed by atoms with Gasteiger partial charge in [-0.15, -0.1) is 0 Å². The van der Waals surface area contributed by atoms with Gasteiger partial charge < -0.3 is 5.32 Å². The first-order chi connectivity index (χ1) is 12.7. The van der Waals surface area contributed by atoms with Crippen molar-refractivity contribution in [2.75, 3.05) is 18.9 Å². The van der Waals surface area contributed by atoms with Gasteiger partial charge in [0.2, 0.25) is 5.91 Å². The van der Waals surface area contributed by atoms with Crippen molar-refractivity contribution >= 4 is 46.2 Å². The molecule has 2 aromatic carbocycles. The molecular weight excluding hydrogens is 399 g/mol. The first-order valence-corrected chi connectivity index (χ1v) is 8.28. The zero-order valence-corrected chi connectivity index (χ0v) is 15.5. The number of nitrogens with one attached hydrogen (secondary N) is 1. The average molecular weight is 413 g/mol. The van der Waals surface area contributed by atoms with Crippen molar-refractivity contribution in [3.05, 3.63) is 72.2 Å². The lowest BCUT2D eigenvalue weighted by Crippen LogP contribution is -2.30. The van der Waals surface area contributed by atoms with Gasteiger partial charge in [0.25, 0.3) is 11.4 Å². The third-order valence-electron chi connectivity index (χ3n) is 3.52.